The Balaban J connectivity index is 1.74. The number of aryl methyl sites for hydroxylation is 3. The molecule has 0 radical (unpaired) electrons. The second-order valence-electron chi connectivity index (χ2n) is 4.62. The first-order chi connectivity index (χ1) is 9.13. The van der Waals surface area contributed by atoms with E-state index in [1.807, 2.05) is 31.2 Å². The third-order valence-electron chi connectivity index (χ3n) is 2.89. The first-order valence-electron chi connectivity index (χ1n) is 6.37. The summed E-state index contributed by atoms with van der Waals surface area (Å²) in [6, 6.07) is 8.13. The van der Waals surface area contributed by atoms with Gasteiger partial charge in [0, 0.05) is 26.3 Å². The van der Waals surface area contributed by atoms with E-state index in [1.165, 1.54) is 5.56 Å². The molecule has 19 heavy (non-hydrogen) atoms. The van der Waals surface area contributed by atoms with Crippen LogP contribution in [0.2, 0.25) is 0 Å². The van der Waals surface area contributed by atoms with E-state index in [0.717, 1.165) is 11.3 Å². The zero-order valence-electron chi connectivity index (χ0n) is 11.3. The van der Waals surface area contributed by atoms with Crippen LogP contribution in [0.5, 0.6) is 0 Å². The molecule has 0 saturated heterocycles. The molecule has 0 aliphatic rings. The van der Waals surface area contributed by atoms with Crippen LogP contribution in [0, 0.1) is 13.8 Å². The van der Waals surface area contributed by atoms with Gasteiger partial charge >= 0.3 is 0 Å². The molecule has 0 saturated carbocycles. The van der Waals surface area contributed by atoms with Crippen LogP contribution in [0.4, 0.5) is 0 Å². The molecule has 1 aromatic heterocycles. The predicted octanol–water partition coefficient (Wildman–Crippen LogP) is 2.54. The van der Waals surface area contributed by atoms with Crippen molar-refractivity contribution in [2.24, 2.45) is 0 Å². The van der Waals surface area contributed by atoms with E-state index in [4.69, 9.17) is 4.42 Å². The Morgan fingerprint density at radius 3 is 2.63 bits per heavy atom. The number of carbonyl (C=O) groups excluding carboxylic acids is 1. The average Bonchev–Trinajstić information content (AvgIpc) is 2.81. The average molecular weight is 258 g/mol. The minimum atomic E-state index is 0.0289. The van der Waals surface area contributed by atoms with Crippen molar-refractivity contribution in [3.63, 3.8) is 0 Å². The standard InChI is InChI=1S/C15H18N2O2/c1-11-3-5-13(6-4-11)9-16-15(18)8-7-14-10-19-12(2)17-14/h3-6,10H,7-9H2,1-2H3,(H,16,18). The fourth-order valence-electron chi connectivity index (χ4n) is 1.76. The van der Waals surface area contributed by atoms with E-state index in [1.54, 1.807) is 13.2 Å². The number of carbonyl (C=O) groups is 1. The zero-order valence-corrected chi connectivity index (χ0v) is 11.3. The van der Waals surface area contributed by atoms with E-state index in [9.17, 15) is 4.79 Å². The van der Waals surface area contributed by atoms with E-state index < -0.39 is 0 Å². The summed E-state index contributed by atoms with van der Waals surface area (Å²) in [4.78, 5) is 15.9. The summed E-state index contributed by atoms with van der Waals surface area (Å²) in [5.41, 5.74) is 3.15. The Morgan fingerprint density at radius 1 is 1.26 bits per heavy atom. The van der Waals surface area contributed by atoms with Crippen molar-refractivity contribution < 1.29 is 9.21 Å². The molecule has 0 bridgehead atoms. The monoisotopic (exact) mass is 258 g/mol. The lowest BCUT2D eigenvalue weighted by Crippen LogP contribution is -2.23. The SMILES string of the molecule is Cc1ccc(CNC(=O)CCc2coc(C)n2)cc1. The molecular weight excluding hydrogens is 240 g/mol. The zero-order chi connectivity index (χ0) is 13.7. The van der Waals surface area contributed by atoms with Gasteiger partial charge in [0.1, 0.15) is 6.26 Å². The first-order valence-corrected chi connectivity index (χ1v) is 6.37. The highest BCUT2D eigenvalue weighted by Gasteiger charge is 2.05. The van der Waals surface area contributed by atoms with Crippen molar-refractivity contribution in [3.05, 3.63) is 53.2 Å². The van der Waals surface area contributed by atoms with Crippen molar-refractivity contribution in [1.29, 1.82) is 0 Å². The van der Waals surface area contributed by atoms with Gasteiger partial charge in [-0.05, 0) is 12.5 Å². The molecule has 1 amide bonds. The highest BCUT2D eigenvalue weighted by molar-refractivity contribution is 5.76. The highest BCUT2D eigenvalue weighted by Crippen LogP contribution is 2.05. The Bertz CT molecular complexity index is 544. The molecule has 0 fully saturated rings. The second kappa shape index (κ2) is 6.18. The van der Waals surface area contributed by atoms with Gasteiger partial charge in [0.25, 0.3) is 0 Å². The van der Waals surface area contributed by atoms with Crippen LogP contribution in [0.15, 0.2) is 34.9 Å². The van der Waals surface area contributed by atoms with Crippen LogP contribution in [0.1, 0.15) is 29.1 Å². The van der Waals surface area contributed by atoms with Gasteiger partial charge in [-0.25, -0.2) is 4.98 Å². The molecule has 1 heterocycles. The lowest BCUT2D eigenvalue weighted by atomic mass is 10.1. The van der Waals surface area contributed by atoms with Gasteiger partial charge in [0.2, 0.25) is 5.91 Å². The summed E-state index contributed by atoms with van der Waals surface area (Å²) in [6.45, 7) is 4.40. The summed E-state index contributed by atoms with van der Waals surface area (Å²) in [5.74, 6) is 0.663. The number of hydrogen-bond donors (Lipinski definition) is 1. The topological polar surface area (TPSA) is 55.1 Å². The number of hydrogen-bond acceptors (Lipinski definition) is 3. The minimum Gasteiger partial charge on any atom is -0.449 e. The number of rotatable bonds is 5. The molecule has 2 rings (SSSR count). The molecule has 0 unspecified atom stereocenters. The molecule has 4 nitrogen and oxygen atoms in total. The molecule has 1 N–H and O–H groups in total. The molecule has 2 aromatic rings. The number of amides is 1. The maximum Gasteiger partial charge on any atom is 0.220 e. The summed E-state index contributed by atoms with van der Waals surface area (Å²) in [7, 11) is 0. The predicted molar refractivity (Wildman–Crippen MR) is 72.6 cm³/mol. The van der Waals surface area contributed by atoms with Gasteiger partial charge in [0.05, 0.1) is 5.69 Å². The number of oxazole rings is 1. The largest absolute Gasteiger partial charge is 0.449 e. The van der Waals surface area contributed by atoms with Crippen molar-refractivity contribution in [2.75, 3.05) is 0 Å². The van der Waals surface area contributed by atoms with Crippen molar-refractivity contribution >= 4 is 5.91 Å². The van der Waals surface area contributed by atoms with Crippen LogP contribution in [-0.2, 0) is 17.8 Å². The van der Waals surface area contributed by atoms with Gasteiger partial charge in [-0.2, -0.15) is 0 Å². The fourth-order valence-corrected chi connectivity index (χ4v) is 1.76. The molecule has 0 spiro atoms. The quantitative estimate of drug-likeness (QED) is 0.896. The normalized spacial score (nSPS) is 10.4. The molecule has 0 aliphatic heterocycles. The maximum absolute atomic E-state index is 11.7. The molecular formula is C15H18N2O2. The Kier molecular flexibility index (Phi) is 4.34. The number of nitrogens with zero attached hydrogens (tertiary/aromatic N) is 1. The van der Waals surface area contributed by atoms with Crippen LogP contribution in [0.3, 0.4) is 0 Å². The third-order valence-corrected chi connectivity index (χ3v) is 2.89. The van der Waals surface area contributed by atoms with Crippen LogP contribution in [0.25, 0.3) is 0 Å². The second-order valence-corrected chi connectivity index (χ2v) is 4.62. The maximum atomic E-state index is 11.7. The van der Waals surface area contributed by atoms with Gasteiger partial charge in [-0.15, -0.1) is 0 Å². The summed E-state index contributed by atoms with van der Waals surface area (Å²) in [6.07, 6.45) is 2.64. The van der Waals surface area contributed by atoms with Crippen molar-refractivity contribution in [1.82, 2.24) is 10.3 Å². The van der Waals surface area contributed by atoms with Crippen molar-refractivity contribution in [3.8, 4) is 0 Å². The van der Waals surface area contributed by atoms with Crippen LogP contribution < -0.4 is 5.32 Å². The van der Waals surface area contributed by atoms with Crippen LogP contribution >= 0.6 is 0 Å². The van der Waals surface area contributed by atoms with Gasteiger partial charge in [-0.3, -0.25) is 4.79 Å². The lowest BCUT2D eigenvalue weighted by Gasteiger charge is -2.05. The lowest BCUT2D eigenvalue weighted by molar-refractivity contribution is -0.121. The van der Waals surface area contributed by atoms with Gasteiger partial charge in [0.15, 0.2) is 5.89 Å². The molecule has 0 aliphatic carbocycles. The first kappa shape index (κ1) is 13.3. The van der Waals surface area contributed by atoms with Crippen molar-refractivity contribution in [2.45, 2.75) is 33.2 Å². The number of benzene rings is 1. The Morgan fingerprint density at radius 2 is 2.00 bits per heavy atom. The van der Waals surface area contributed by atoms with E-state index in [-0.39, 0.29) is 5.91 Å². The highest BCUT2D eigenvalue weighted by atomic mass is 16.3. The van der Waals surface area contributed by atoms with Gasteiger partial charge < -0.3 is 9.73 Å². The van der Waals surface area contributed by atoms with E-state index >= 15 is 0 Å². The summed E-state index contributed by atoms with van der Waals surface area (Å²) >= 11 is 0. The van der Waals surface area contributed by atoms with E-state index in [0.29, 0.717) is 25.3 Å². The smallest absolute Gasteiger partial charge is 0.220 e. The Labute approximate surface area is 112 Å². The van der Waals surface area contributed by atoms with E-state index in [2.05, 4.69) is 10.3 Å². The van der Waals surface area contributed by atoms with Gasteiger partial charge in [-0.1, -0.05) is 29.8 Å². The molecule has 1 aromatic carbocycles. The molecule has 4 heteroatoms. The Hall–Kier alpha value is -2.10. The fraction of sp³-hybridized carbons (Fsp3) is 0.333. The summed E-state index contributed by atoms with van der Waals surface area (Å²) in [5, 5.41) is 2.90. The molecule has 100 valence electrons. The number of aromatic nitrogens is 1. The molecule has 0 atom stereocenters. The van der Waals surface area contributed by atoms with Crippen LogP contribution in [-0.4, -0.2) is 10.9 Å². The number of nitrogens with one attached hydrogen (secondary N) is 1. The minimum absolute atomic E-state index is 0.0289. The summed E-state index contributed by atoms with van der Waals surface area (Å²) < 4.78 is 5.09. The third kappa shape index (κ3) is 4.25.